The molecule has 0 saturated carbocycles. The molecular weight excluding hydrogens is 218 g/mol. The molecule has 5 heteroatoms. The molecule has 0 unspecified atom stereocenters. The van der Waals surface area contributed by atoms with Crippen LogP contribution in [0.3, 0.4) is 0 Å². The van der Waals surface area contributed by atoms with Gasteiger partial charge in [-0.2, -0.15) is 0 Å². The third-order valence-electron chi connectivity index (χ3n) is 2.46. The Morgan fingerprint density at radius 1 is 1.29 bits per heavy atom. The van der Waals surface area contributed by atoms with Crippen LogP contribution in [-0.4, -0.2) is 15.1 Å². The third-order valence-corrected chi connectivity index (χ3v) is 2.46. The molecule has 2 aromatic heterocycles. The molecule has 0 radical (unpaired) electrons. The second-order valence-electron chi connectivity index (χ2n) is 3.86. The molecule has 0 aromatic carbocycles. The summed E-state index contributed by atoms with van der Waals surface area (Å²) >= 11 is 0. The highest BCUT2D eigenvalue weighted by Crippen LogP contribution is 2.08. The van der Waals surface area contributed by atoms with Gasteiger partial charge in [-0.05, 0) is 26.0 Å². The highest BCUT2D eigenvalue weighted by molar-refractivity contribution is 5.17. The summed E-state index contributed by atoms with van der Waals surface area (Å²) in [6.45, 7) is 5.00. The Balaban J connectivity index is 1.85. The number of aryl methyl sites for hydroxylation is 2. The number of oxazole rings is 1. The van der Waals surface area contributed by atoms with Crippen molar-refractivity contribution in [2.75, 3.05) is 0 Å². The molecular formula is C12H15N3O2. The number of aromatic hydroxyl groups is 1. The van der Waals surface area contributed by atoms with E-state index in [4.69, 9.17) is 9.52 Å². The Morgan fingerprint density at radius 2 is 2.12 bits per heavy atom. The fourth-order valence-corrected chi connectivity index (χ4v) is 1.43. The van der Waals surface area contributed by atoms with Gasteiger partial charge in [0.1, 0.15) is 11.5 Å². The summed E-state index contributed by atoms with van der Waals surface area (Å²) in [6, 6.07) is 3.39. The zero-order valence-electron chi connectivity index (χ0n) is 9.90. The predicted octanol–water partition coefficient (Wildman–Crippen LogP) is 1.68. The fourth-order valence-electron chi connectivity index (χ4n) is 1.43. The molecule has 0 aliphatic carbocycles. The minimum atomic E-state index is 0.174. The minimum Gasteiger partial charge on any atom is -0.506 e. The molecule has 0 aliphatic heterocycles. The highest BCUT2D eigenvalue weighted by Gasteiger charge is 2.04. The molecule has 0 fully saturated rings. The van der Waals surface area contributed by atoms with Crippen LogP contribution in [0.2, 0.25) is 0 Å². The van der Waals surface area contributed by atoms with Crippen molar-refractivity contribution in [3.63, 3.8) is 0 Å². The van der Waals surface area contributed by atoms with E-state index in [1.807, 2.05) is 13.8 Å². The number of hydrogen-bond donors (Lipinski definition) is 2. The van der Waals surface area contributed by atoms with Gasteiger partial charge >= 0.3 is 0 Å². The van der Waals surface area contributed by atoms with Gasteiger partial charge in [-0.3, -0.25) is 4.98 Å². The lowest BCUT2D eigenvalue weighted by Gasteiger charge is -2.01. The smallest absolute Gasteiger partial charge is 0.208 e. The Kier molecular flexibility index (Phi) is 3.39. The van der Waals surface area contributed by atoms with Crippen LogP contribution in [-0.2, 0) is 13.1 Å². The molecule has 90 valence electrons. The van der Waals surface area contributed by atoms with E-state index in [-0.39, 0.29) is 5.75 Å². The topological polar surface area (TPSA) is 71.2 Å². The highest BCUT2D eigenvalue weighted by atomic mass is 16.4. The van der Waals surface area contributed by atoms with Crippen molar-refractivity contribution < 1.29 is 9.52 Å². The molecule has 0 aliphatic rings. The summed E-state index contributed by atoms with van der Waals surface area (Å²) in [5, 5.41) is 12.3. The van der Waals surface area contributed by atoms with E-state index in [1.165, 1.54) is 6.20 Å². The van der Waals surface area contributed by atoms with Gasteiger partial charge in [0.2, 0.25) is 5.89 Å². The molecule has 2 rings (SSSR count). The largest absolute Gasteiger partial charge is 0.506 e. The molecule has 0 spiro atoms. The molecule has 0 amide bonds. The van der Waals surface area contributed by atoms with Gasteiger partial charge in [0.05, 0.1) is 24.1 Å². The molecule has 0 bridgehead atoms. The third kappa shape index (κ3) is 3.04. The van der Waals surface area contributed by atoms with Crippen LogP contribution in [0.4, 0.5) is 0 Å². The zero-order valence-corrected chi connectivity index (χ0v) is 9.90. The first-order valence-corrected chi connectivity index (χ1v) is 5.42. The fraction of sp³-hybridized carbons (Fsp3) is 0.333. The van der Waals surface area contributed by atoms with E-state index in [0.29, 0.717) is 19.0 Å². The SMILES string of the molecule is Cc1nc(CNCc2ccc(O)cn2)oc1C. The van der Waals surface area contributed by atoms with Gasteiger partial charge in [0.15, 0.2) is 0 Å². The summed E-state index contributed by atoms with van der Waals surface area (Å²) in [7, 11) is 0. The van der Waals surface area contributed by atoms with E-state index in [1.54, 1.807) is 12.1 Å². The van der Waals surface area contributed by atoms with Crippen LogP contribution in [0.15, 0.2) is 22.7 Å². The van der Waals surface area contributed by atoms with E-state index in [2.05, 4.69) is 15.3 Å². The standard InChI is InChI=1S/C12H15N3O2/c1-8-9(2)17-12(15-8)7-13-5-10-3-4-11(16)6-14-10/h3-4,6,13,16H,5,7H2,1-2H3. The number of nitrogens with one attached hydrogen (secondary N) is 1. The van der Waals surface area contributed by atoms with Gasteiger partial charge in [-0.1, -0.05) is 0 Å². The summed E-state index contributed by atoms with van der Waals surface area (Å²) in [5.74, 6) is 1.70. The monoisotopic (exact) mass is 233 g/mol. The molecule has 17 heavy (non-hydrogen) atoms. The van der Waals surface area contributed by atoms with Crippen molar-refractivity contribution in [2.24, 2.45) is 0 Å². The van der Waals surface area contributed by atoms with E-state index in [0.717, 1.165) is 17.1 Å². The maximum Gasteiger partial charge on any atom is 0.208 e. The van der Waals surface area contributed by atoms with Crippen molar-refractivity contribution >= 4 is 0 Å². The molecule has 2 aromatic rings. The molecule has 0 atom stereocenters. The van der Waals surface area contributed by atoms with Crippen LogP contribution >= 0.6 is 0 Å². The normalized spacial score (nSPS) is 10.7. The van der Waals surface area contributed by atoms with E-state index in [9.17, 15) is 0 Å². The summed E-state index contributed by atoms with van der Waals surface area (Å²) in [5.41, 5.74) is 1.78. The van der Waals surface area contributed by atoms with Crippen molar-refractivity contribution in [2.45, 2.75) is 26.9 Å². The van der Waals surface area contributed by atoms with Gasteiger partial charge < -0.3 is 14.8 Å². The number of rotatable bonds is 4. The predicted molar refractivity (Wildman–Crippen MR) is 62.4 cm³/mol. The quantitative estimate of drug-likeness (QED) is 0.840. The molecule has 2 N–H and O–H groups in total. The van der Waals surface area contributed by atoms with Crippen molar-refractivity contribution in [1.29, 1.82) is 0 Å². The number of nitrogens with zero attached hydrogens (tertiary/aromatic N) is 2. The second kappa shape index (κ2) is 4.97. The molecule has 0 saturated heterocycles. The van der Waals surface area contributed by atoms with Crippen LogP contribution in [0, 0.1) is 13.8 Å². The molecule has 2 heterocycles. The first kappa shape index (κ1) is 11.6. The van der Waals surface area contributed by atoms with Gasteiger partial charge in [0, 0.05) is 6.54 Å². The number of pyridine rings is 1. The lowest BCUT2D eigenvalue weighted by Crippen LogP contribution is -2.13. The summed E-state index contributed by atoms with van der Waals surface area (Å²) in [4.78, 5) is 8.33. The summed E-state index contributed by atoms with van der Waals surface area (Å²) < 4.78 is 5.44. The van der Waals surface area contributed by atoms with Crippen LogP contribution < -0.4 is 5.32 Å². The average Bonchev–Trinajstić information content (AvgIpc) is 2.61. The Morgan fingerprint density at radius 3 is 2.71 bits per heavy atom. The Labute approximate surface area is 99.5 Å². The van der Waals surface area contributed by atoms with Crippen LogP contribution in [0.1, 0.15) is 23.0 Å². The first-order valence-electron chi connectivity index (χ1n) is 5.42. The minimum absolute atomic E-state index is 0.174. The van der Waals surface area contributed by atoms with E-state index < -0.39 is 0 Å². The van der Waals surface area contributed by atoms with Crippen molar-refractivity contribution in [3.8, 4) is 5.75 Å². The zero-order chi connectivity index (χ0) is 12.3. The van der Waals surface area contributed by atoms with Gasteiger partial charge in [0.25, 0.3) is 0 Å². The number of hydrogen-bond acceptors (Lipinski definition) is 5. The maximum absolute atomic E-state index is 9.09. The Bertz CT molecular complexity index is 471. The van der Waals surface area contributed by atoms with Crippen LogP contribution in [0.5, 0.6) is 5.75 Å². The lowest BCUT2D eigenvalue weighted by molar-refractivity contribution is 0.447. The lowest BCUT2D eigenvalue weighted by atomic mass is 10.3. The number of aromatic nitrogens is 2. The van der Waals surface area contributed by atoms with Crippen LogP contribution in [0.25, 0.3) is 0 Å². The van der Waals surface area contributed by atoms with Crippen molar-refractivity contribution in [1.82, 2.24) is 15.3 Å². The van der Waals surface area contributed by atoms with Crippen molar-refractivity contribution in [3.05, 3.63) is 41.4 Å². The first-order chi connectivity index (χ1) is 8.15. The van der Waals surface area contributed by atoms with Gasteiger partial charge in [-0.25, -0.2) is 4.98 Å². The van der Waals surface area contributed by atoms with Gasteiger partial charge in [-0.15, -0.1) is 0 Å². The van der Waals surface area contributed by atoms with E-state index >= 15 is 0 Å². The summed E-state index contributed by atoms with van der Waals surface area (Å²) in [6.07, 6.45) is 1.43. The second-order valence-corrected chi connectivity index (χ2v) is 3.86. The molecule has 5 nitrogen and oxygen atoms in total. The average molecular weight is 233 g/mol. The maximum atomic E-state index is 9.09. The Hall–Kier alpha value is -1.88.